The van der Waals surface area contributed by atoms with Crippen molar-refractivity contribution in [2.45, 2.75) is 19.4 Å². The van der Waals surface area contributed by atoms with E-state index in [4.69, 9.17) is 11.6 Å². The molecule has 1 unspecified atom stereocenters. The molecule has 2 rings (SSSR count). The van der Waals surface area contributed by atoms with E-state index in [-0.39, 0.29) is 11.7 Å². The number of amides is 1. The first-order valence-electron chi connectivity index (χ1n) is 5.90. The van der Waals surface area contributed by atoms with Crippen LogP contribution in [0.4, 0.5) is 5.69 Å². The molecule has 1 aromatic heterocycles. The third-order valence-electron chi connectivity index (χ3n) is 2.74. The molecule has 0 fully saturated rings. The van der Waals surface area contributed by atoms with Crippen molar-refractivity contribution < 1.29 is 9.90 Å². The van der Waals surface area contributed by atoms with Crippen LogP contribution in [0.1, 0.15) is 19.4 Å². The number of anilines is 1. The van der Waals surface area contributed by atoms with Crippen LogP contribution in [0.25, 0.3) is 0 Å². The minimum absolute atomic E-state index is 0.0317. The van der Waals surface area contributed by atoms with Gasteiger partial charge in [0, 0.05) is 6.20 Å². The van der Waals surface area contributed by atoms with Gasteiger partial charge in [-0.3, -0.25) is 9.48 Å². The Morgan fingerprint density at radius 1 is 1.53 bits per heavy atom. The second-order valence-corrected chi connectivity index (χ2v) is 4.51. The van der Waals surface area contributed by atoms with E-state index >= 15 is 0 Å². The van der Waals surface area contributed by atoms with E-state index in [1.165, 1.54) is 16.9 Å². The van der Waals surface area contributed by atoms with E-state index in [0.29, 0.717) is 17.1 Å². The van der Waals surface area contributed by atoms with E-state index in [1.54, 1.807) is 24.4 Å². The van der Waals surface area contributed by atoms with Gasteiger partial charge >= 0.3 is 0 Å². The molecule has 5 nitrogen and oxygen atoms in total. The zero-order valence-electron chi connectivity index (χ0n) is 10.4. The quantitative estimate of drug-likeness (QED) is 0.846. The third kappa shape index (κ3) is 3.06. The number of hydrogen-bond acceptors (Lipinski definition) is 3. The van der Waals surface area contributed by atoms with E-state index in [0.717, 1.165) is 0 Å². The molecule has 0 aliphatic carbocycles. The highest BCUT2D eigenvalue weighted by Gasteiger charge is 2.20. The maximum Gasteiger partial charge on any atom is 0.249 e. The van der Waals surface area contributed by atoms with Crippen LogP contribution in [0.5, 0.6) is 5.75 Å². The lowest BCUT2D eigenvalue weighted by atomic mass is 10.2. The molecule has 2 aromatic rings. The fraction of sp³-hybridized carbons (Fsp3) is 0.231. The highest BCUT2D eigenvalue weighted by atomic mass is 35.5. The molecule has 0 spiro atoms. The summed E-state index contributed by atoms with van der Waals surface area (Å²) in [6.07, 6.45) is 3.65. The first-order chi connectivity index (χ1) is 9.11. The maximum atomic E-state index is 12.2. The van der Waals surface area contributed by atoms with Gasteiger partial charge in [0.1, 0.15) is 11.8 Å². The SMILES string of the molecule is CCC(C(=O)Nc1ccccc1O)n1cc(Cl)cn1. The molecule has 1 amide bonds. The number of carbonyl (C=O) groups is 1. The molecule has 100 valence electrons. The average molecular weight is 280 g/mol. The summed E-state index contributed by atoms with van der Waals surface area (Å²) in [6, 6.07) is 6.11. The number of aromatic hydroxyl groups is 1. The molecule has 0 bridgehead atoms. The molecule has 1 atom stereocenters. The number of phenols is 1. The Bertz CT molecular complexity index is 583. The molecule has 2 N–H and O–H groups in total. The predicted molar refractivity (Wildman–Crippen MR) is 73.3 cm³/mol. The monoisotopic (exact) mass is 279 g/mol. The fourth-order valence-electron chi connectivity index (χ4n) is 1.77. The molecule has 0 saturated carbocycles. The van der Waals surface area contributed by atoms with Gasteiger partial charge in [0.05, 0.1) is 16.9 Å². The van der Waals surface area contributed by atoms with Crippen LogP contribution in [-0.4, -0.2) is 20.8 Å². The van der Waals surface area contributed by atoms with Gasteiger partial charge in [0.2, 0.25) is 5.91 Å². The van der Waals surface area contributed by atoms with Crippen molar-refractivity contribution in [1.82, 2.24) is 9.78 Å². The summed E-state index contributed by atoms with van der Waals surface area (Å²) >= 11 is 5.80. The van der Waals surface area contributed by atoms with Gasteiger partial charge in [0.25, 0.3) is 0 Å². The molecule has 1 heterocycles. The molecule has 0 aliphatic heterocycles. The summed E-state index contributed by atoms with van der Waals surface area (Å²) in [6.45, 7) is 1.88. The van der Waals surface area contributed by atoms with Crippen molar-refractivity contribution >= 4 is 23.2 Å². The first-order valence-corrected chi connectivity index (χ1v) is 6.28. The van der Waals surface area contributed by atoms with Gasteiger partial charge < -0.3 is 10.4 Å². The van der Waals surface area contributed by atoms with Gasteiger partial charge in [-0.25, -0.2) is 0 Å². The lowest BCUT2D eigenvalue weighted by molar-refractivity contribution is -0.119. The van der Waals surface area contributed by atoms with Crippen molar-refractivity contribution in [3.63, 3.8) is 0 Å². The average Bonchev–Trinajstić information content (AvgIpc) is 2.80. The number of rotatable bonds is 4. The second-order valence-electron chi connectivity index (χ2n) is 4.07. The Balaban J connectivity index is 2.16. The van der Waals surface area contributed by atoms with Gasteiger partial charge in [-0.1, -0.05) is 30.7 Å². The molecule has 1 aromatic carbocycles. The Kier molecular flexibility index (Phi) is 4.06. The van der Waals surface area contributed by atoms with Crippen LogP contribution in [0.15, 0.2) is 36.7 Å². The number of nitrogens with one attached hydrogen (secondary N) is 1. The van der Waals surface area contributed by atoms with Crippen LogP contribution in [0.3, 0.4) is 0 Å². The number of hydrogen-bond donors (Lipinski definition) is 2. The first kappa shape index (κ1) is 13.4. The standard InChI is InChI=1S/C13H14ClN3O2/c1-2-11(17-8-9(14)7-15-17)13(19)16-10-5-3-4-6-12(10)18/h3-8,11,18H,2H2,1H3,(H,16,19). The van der Waals surface area contributed by atoms with Crippen LogP contribution in [-0.2, 0) is 4.79 Å². The number of halogens is 1. The number of phenolic OH excluding ortho intramolecular Hbond substituents is 1. The molecular weight excluding hydrogens is 266 g/mol. The van der Waals surface area contributed by atoms with Gasteiger partial charge in [-0.05, 0) is 18.6 Å². The molecule has 0 saturated heterocycles. The van der Waals surface area contributed by atoms with E-state index in [1.807, 2.05) is 6.92 Å². The van der Waals surface area contributed by atoms with Crippen molar-refractivity contribution in [2.75, 3.05) is 5.32 Å². The van der Waals surface area contributed by atoms with E-state index in [2.05, 4.69) is 10.4 Å². The zero-order valence-corrected chi connectivity index (χ0v) is 11.1. The van der Waals surface area contributed by atoms with Gasteiger partial charge in [0.15, 0.2) is 0 Å². The molecular formula is C13H14ClN3O2. The molecule has 0 aliphatic rings. The van der Waals surface area contributed by atoms with E-state index in [9.17, 15) is 9.90 Å². The summed E-state index contributed by atoms with van der Waals surface area (Å²) < 4.78 is 1.51. The van der Waals surface area contributed by atoms with Crippen molar-refractivity contribution in [2.24, 2.45) is 0 Å². The summed E-state index contributed by atoms with van der Waals surface area (Å²) in [7, 11) is 0. The van der Waals surface area contributed by atoms with Crippen LogP contribution in [0, 0.1) is 0 Å². The van der Waals surface area contributed by atoms with Crippen molar-refractivity contribution in [3.8, 4) is 5.75 Å². The number of para-hydroxylation sites is 2. The van der Waals surface area contributed by atoms with Gasteiger partial charge in [-0.2, -0.15) is 5.10 Å². The highest BCUT2D eigenvalue weighted by molar-refractivity contribution is 6.30. The van der Waals surface area contributed by atoms with Crippen molar-refractivity contribution in [1.29, 1.82) is 0 Å². The largest absolute Gasteiger partial charge is 0.506 e. The van der Waals surface area contributed by atoms with Crippen molar-refractivity contribution in [3.05, 3.63) is 41.7 Å². The van der Waals surface area contributed by atoms with Crippen LogP contribution >= 0.6 is 11.6 Å². The Labute approximate surface area is 115 Å². The molecule has 0 radical (unpaired) electrons. The maximum absolute atomic E-state index is 12.2. The normalized spacial score (nSPS) is 12.1. The summed E-state index contributed by atoms with van der Waals surface area (Å²) in [5.74, 6) is -0.215. The third-order valence-corrected chi connectivity index (χ3v) is 2.94. The summed E-state index contributed by atoms with van der Waals surface area (Å²) in [5.41, 5.74) is 0.379. The number of benzene rings is 1. The van der Waals surface area contributed by atoms with Crippen LogP contribution in [0.2, 0.25) is 5.02 Å². The lowest BCUT2D eigenvalue weighted by Crippen LogP contribution is -2.25. The fourth-order valence-corrected chi connectivity index (χ4v) is 1.92. The minimum atomic E-state index is -0.466. The Morgan fingerprint density at radius 2 is 2.26 bits per heavy atom. The molecule has 19 heavy (non-hydrogen) atoms. The minimum Gasteiger partial charge on any atom is -0.506 e. The van der Waals surface area contributed by atoms with Gasteiger partial charge in [-0.15, -0.1) is 0 Å². The zero-order chi connectivity index (χ0) is 13.8. The Morgan fingerprint density at radius 3 is 2.84 bits per heavy atom. The summed E-state index contributed by atoms with van der Waals surface area (Å²) in [5, 5.41) is 16.8. The smallest absolute Gasteiger partial charge is 0.249 e. The predicted octanol–water partition coefficient (Wildman–Crippen LogP) is 2.83. The Hall–Kier alpha value is -2.01. The number of nitrogens with zero attached hydrogens (tertiary/aromatic N) is 2. The number of carbonyl (C=O) groups excluding carboxylic acids is 1. The second kappa shape index (κ2) is 5.75. The molecule has 6 heteroatoms. The van der Waals surface area contributed by atoms with E-state index < -0.39 is 6.04 Å². The lowest BCUT2D eigenvalue weighted by Gasteiger charge is -2.15. The van der Waals surface area contributed by atoms with Crippen LogP contribution < -0.4 is 5.32 Å². The number of aromatic nitrogens is 2. The summed E-state index contributed by atoms with van der Waals surface area (Å²) in [4.78, 5) is 12.2. The highest BCUT2D eigenvalue weighted by Crippen LogP contribution is 2.23. The topological polar surface area (TPSA) is 67.2 Å².